The van der Waals surface area contributed by atoms with Crippen LogP contribution in [0.1, 0.15) is 56.9 Å². The molecule has 0 bridgehead atoms. The maximum atomic E-state index is 11.9. The van der Waals surface area contributed by atoms with Gasteiger partial charge >= 0.3 is 5.97 Å². The van der Waals surface area contributed by atoms with E-state index in [1.165, 1.54) is 0 Å². The molecule has 1 aliphatic heterocycles. The highest BCUT2D eigenvalue weighted by Crippen LogP contribution is 2.37. The second-order valence-corrected chi connectivity index (χ2v) is 5.97. The van der Waals surface area contributed by atoms with Crippen LogP contribution < -0.4 is 0 Å². The van der Waals surface area contributed by atoms with Gasteiger partial charge in [-0.05, 0) is 51.2 Å². The van der Waals surface area contributed by atoms with Crippen LogP contribution in [0.5, 0.6) is 0 Å². The first-order valence-electron chi connectivity index (χ1n) is 8.72. The van der Waals surface area contributed by atoms with Gasteiger partial charge in [0.1, 0.15) is 5.76 Å². The Kier molecular flexibility index (Phi) is 5.48. The first kappa shape index (κ1) is 16.9. The lowest BCUT2D eigenvalue weighted by atomic mass is 9.92. The second-order valence-electron chi connectivity index (χ2n) is 5.97. The molecule has 0 atom stereocenters. The van der Waals surface area contributed by atoms with Crippen LogP contribution in [0.25, 0.3) is 6.08 Å². The number of carbonyl (C=O) groups excluding carboxylic acids is 1. The Balaban J connectivity index is 1.79. The zero-order chi connectivity index (χ0) is 16.9. The number of rotatable bonds is 6. The fraction of sp³-hybridized carbons (Fsp3) is 0.450. The molecule has 1 aromatic rings. The Hall–Kier alpha value is -1.91. The van der Waals surface area contributed by atoms with Crippen LogP contribution in [-0.2, 0) is 19.0 Å². The molecule has 128 valence electrons. The van der Waals surface area contributed by atoms with E-state index in [9.17, 15) is 4.79 Å². The van der Waals surface area contributed by atoms with E-state index in [-0.39, 0.29) is 12.3 Å². The molecule has 0 saturated heterocycles. The van der Waals surface area contributed by atoms with E-state index in [2.05, 4.69) is 0 Å². The fourth-order valence-corrected chi connectivity index (χ4v) is 3.19. The van der Waals surface area contributed by atoms with Crippen LogP contribution in [0.15, 0.2) is 41.2 Å². The second kappa shape index (κ2) is 7.77. The Morgan fingerprint density at radius 3 is 2.29 bits per heavy atom. The van der Waals surface area contributed by atoms with Crippen LogP contribution in [-0.4, -0.2) is 19.2 Å². The minimum atomic E-state index is -0.335. The van der Waals surface area contributed by atoms with E-state index < -0.39 is 0 Å². The summed E-state index contributed by atoms with van der Waals surface area (Å²) >= 11 is 0. The van der Waals surface area contributed by atoms with E-state index in [0.29, 0.717) is 19.0 Å². The number of benzene rings is 1. The molecule has 0 unspecified atom stereocenters. The molecule has 0 spiro atoms. The monoisotopic (exact) mass is 328 g/mol. The molecule has 0 fully saturated rings. The molecule has 0 amide bonds. The summed E-state index contributed by atoms with van der Waals surface area (Å²) in [7, 11) is 0. The zero-order valence-corrected chi connectivity index (χ0v) is 14.3. The van der Waals surface area contributed by atoms with Crippen LogP contribution >= 0.6 is 0 Å². The topological polar surface area (TPSA) is 44.8 Å². The number of ether oxygens (including phenoxy) is 3. The van der Waals surface area contributed by atoms with Gasteiger partial charge in [0, 0.05) is 29.9 Å². The van der Waals surface area contributed by atoms with Gasteiger partial charge < -0.3 is 14.2 Å². The number of hydrogen-bond acceptors (Lipinski definition) is 4. The molecule has 0 aromatic heterocycles. The number of hydrogen-bond donors (Lipinski definition) is 0. The highest BCUT2D eigenvalue weighted by molar-refractivity contribution is 5.95. The summed E-state index contributed by atoms with van der Waals surface area (Å²) in [5.41, 5.74) is 3.96. The molecular weight excluding hydrogens is 304 g/mol. The van der Waals surface area contributed by atoms with E-state index >= 15 is 0 Å². The van der Waals surface area contributed by atoms with Gasteiger partial charge in [0.15, 0.2) is 6.29 Å². The Morgan fingerprint density at radius 2 is 1.67 bits per heavy atom. The minimum absolute atomic E-state index is 0.166. The largest absolute Gasteiger partial charge is 0.423 e. The van der Waals surface area contributed by atoms with Gasteiger partial charge in [0.05, 0.1) is 0 Å². The first-order chi connectivity index (χ1) is 11.7. The van der Waals surface area contributed by atoms with Crippen molar-refractivity contribution in [1.82, 2.24) is 0 Å². The fourth-order valence-electron chi connectivity index (χ4n) is 3.19. The number of allylic oxidation sites excluding steroid dienone is 1. The van der Waals surface area contributed by atoms with Crippen LogP contribution in [0, 0.1) is 0 Å². The average molecular weight is 328 g/mol. The molecule has 1 heterocycles. The lowest BCUT2D eigenvalue weighted by molar-refractivity contribution is -0.140. The predicted octanol–water partition coefficient (Wildman–Crippen LogP) is 4.53. The maximum absolute atomic E-state index is 11.9. The van der Waals surface area contributed by atoms with Crippen molar-refractivity contribution in [2.24, 2.45) is 0 Å². The van der Waals surface area contributed by atoms with Gasteiger partial charge in [-0.1, -0.05) is 24.3 Å². The SMILES string of the molecule is CCOC(OCC)c1ccc(/C=C2/OC(=O)C3=C2CCCC3)cc1. The summed E-state index contributed by atoms with van der Waals surface area (Å²) in [6.45, 7) is 5.11. The molecule has 2 aliphatic rings. The van der Waals surface area contributed by atoms with Crippen molar-refractivity contribution in [2.45, 2.75) is 45.8 Å². The Morgan fingerprint density at radius 1 is 1.04 bits per heavy atom. The van der Waals surface area contributed by atoms with Gasteiger partial charge in [-0.3, -0.25) is 0 Å². The van der Waals surface area contributed by atoms with E-state index in [1.807, 2.05) is 44.2 Å². The average Bonchev–Trinajstić information content (AvgIpc) is 2.92. The molecule has 1 aliphatic carbocycles. The summed E-state index contributed by atoms with van der Waals surface area (Å²) < 4.78 is 16.7. The molecule has 0 N–H and O–H groups in total. The van der Waals surface area contributed by atoms with Crippen molar-refractivity contribution in [2.75, 3.05) is 13.2 Å². The van der Waals surface area contributed by atoms with Crippen LogP contribution in [0.2, 0.25) is 0 Å². The highest BCUT2D eigenvalue weighted by atomic mass is 16.7. The molecule has 4 heteroatoms. The predicted molar refractivity (Wildman–Crippen MR) is 92.0 cm³/mol. The van der Waals surface area contributed by atoms with Gasteiger partial charge in [-0.15, -0.1) is 0 Å². The van der Waals surface area contributed by atoms with Crippen molar-refractivity contribution < 1.29 is 19.0 Å². The number of cyclic esters (lactones) is 1. The van der Waals surface area contributed by atoms with Crippen molar-refractivity contribution >= 4 is 12.0 Å². The minimum Gasteiger partial charge on any atom is -0.423 e. The van der Waals surface area contributed by atoms with E-state index in [4.69, 9.17) is 14.2 Å². The highest BCUT2D eigenvalue weighted by Gasteiger charge is 2.31. The molecule has 1 aromatic carbocycles. The third-order valence-electron chi connectivity index (χ3n) is 4.36. The van der Waals surface area contributed by atoms with Crippen LogP contribution in [0.4, 0.5) is 0 Å². The summed E-state index contributed by atoms with van der Waals surface area (Å²) in [6.07, 6.45) is 5.59. The molecule has 0 saturated carbocycles. The van der Waals surface area contributed by atoms with E-state index in [1.54, 1.807) is 0 Å². The summed E-state index contributed by atoms with van der Waals surface area (Å²) in [4.78, 5) is 11.9. The molecular formula is C20H24O4. The van der Waals surface area contributed by atoms with Gasteiger partial charge in [0.2, 0.25) is 0 Å². The Bertz CT molecular complexity index is 649. The zero-order valence-electron chi connectivity index (χ0n) is 14.3. The summed E-state index contributed by atoms with van der Waals surface area (Å²) in [6, 6.07) is 8.00. The normalized spacial score (nSPS) is 19.1. The molecule has 3 rings (SSSR count). The molecule has 24 heavy (non-hydrogen) atoms. The van der Waals surface area contributed by atoms with Crippen molar-refractivity contribution in [1.29, 1.82) is 0 Å². The van der Waals surface area contributed by atoms with Crippen molar-refractivity contribution in [3.63, 3.8) is 0 Å². The smallest absolute Gasteiger partial charge is 0.339 e. The first-order valence-corrected chi connectivity index (χ1v) is 8.72. The lowest BCUT2D eigenvalue weighted by Gasteiger charge is -2.17. The third-order valence-corrected chi connectivity index (χ3v) is 4.36. The molecule has 4 nitrogen and oxygen atoms in total. The number of esters is 1. The maximum Gasteiger partial charge on any atom is 0.339 e. The van der Waals surface area contributed by atoms with E-state index in [0.717, 1.165) is 48.0 Å². The van der Waals surface area contributed by atoms with Crippen molar-refractivity contribution in [3.8, 4) is 0 Å². The molecule has 0 radical (unpaired) electrons. The summed E-state index contributed by atoms with van der Waals surface area (Å²) in [5.74, 6) is 0.550. The Labute approximate surface area is 143 Å². The quantitative estimate of drug-likeness (QED) is 0.568. The summed E-state index contributed by atoms with van der Waals surface area (Å²) in [5, 5.41) is 0. The third kappa shape index (κ3) is 3.60. The van der Waals surface area contributed by atoms with Crippen LogP contribution in [0.3, 0.4) is 0 Å². The standard InChI is InChI=1S/C20H24O4/c1-3-22-20(23-4-2)15-11-9-14(10-12-15)13-18-16-7-5-6-8-17(16)19(21)24-18/h9-13,20H,3-8H2,1-2H3/b18-13+. The number of carbonyl (C=O) groups is 1. The van der Waals surface area contributed by atoms with Gasteiger partial charge in [0.25, 0.3) is 0 Å². The van der Waals surface area contributed by atoms with Gasteiger partial charge in [-0.25, -0.2) is 4.79 Å². The van der Waals surface area contributed by atoms with Crippen molar-refractivity contribution in [3.05, 3.63) is 52.3 Å². The van der Waals surface area contributed by atoms with Gasteiger partial charge in [-0.2, -0.15) is 0 Å². The lowest BCUT2D eigenvalue weighted by Crippen LogP contribution is -2.08.